The number of nitrogens with zero attached hydrogens (tertiary/aromatic N) is 5. The van der Waals surface area contributed by atoms with E-state index in [4.69, 9.17) is 4.98 Å². The third-order valence-electron chi connectivity index (χ3n) is 5.60. The Morgan fingerprint density at radius 1 is 0.971 bits per heavy atom. The number of aromatic amines is 2. The van der Waals surface area contributed by atoms with E-state index in [1.54, 1.807) is 49.2 Å². The van der Waals surface area contributed by atoms with Crippen molar-refractivity contribution in [3.8, 4) is 33.8 Å². The summed E-state index contributed by atoms with van der Waals surface area (Å²) < 4.78 is 14.5. The summed E-state index contributed by atoms with van der Waals surface area (Å²) in [6.45, 7) is 1.44. The van der Waals surface area contributed by atoms with Crippen LogP contribution in [0.3, 0.4) is 0 Å². The molecule has 0 aliphatic carbocycles. The second kappa shape index (κ2) is 8.10. The van der Waals surface area contributed by atoms with Crippen molar-refractivity contribution in [2.24, 2.45) is 0 Å². The highest BCUT2D eigenvalue weighted by Crippen LogP contribution is 2.33. The van der Waals surface area contributed by atoms with E-state index in [9.17, 15) is 9.18 Å². The molecule has 0 unspecified atom stereocenters. The van der Waals surface area contributed by atoms with Gasteiger partial charge in [-0.2, -0.15) is 5.10 Å². The van der Waals surface area contributed by atoms with Crippen LogP contribution in [0.1, 0.15) is 6.92 Å². The van der Waals surface area contributed by atoms with Gasteiger partial charge in [0.25, 0.3) is 0 Å². The van der Waals surface area contributed by atoms with Gasteiger partial charge >= 0.3 is 0 Å². The lowest BCUT2D eigenvalue weighted by molar-refractivity contribution is -0.114. The van der Waals surface area contributed by atoms with E-state index in [1.165, 1.54) is 13.0 Å². The van der Waals surface area contributed by atoms with Crippen LogP contribution < -0.4 is 5.32 Å². The number of halogens is 1. The number of anilines is 1. The van der Waals surface area contributed by atoms with Gasteiger partial charge in [0.05, 0.1) is 29.0 Å². The molecule has 3 N–H and O–H groups in total. The molecule has 0 spiro atoms. The third-order valence-corrected chi connectivity index (χ3v) is 5.60. The number of carbonyl (C=O) groups excluding carboxylic acids is 1. The van der Waals surface area contributed by atoms with Crippen molar-refractivity contribution < 1.29 is 9.18 Å². The average molecular weight is 464 g/mol. The molecule has 6 aromatic rings. The highest BCUT2D eigenvalue weighted by atomic mass is 19.1. The van der Waals surface area contributed by atoms with Crippen LogP contribution in [0, 0.1) is 5.82 Å². The van der Waals surface area contributed by atoms with E-state index in [1.807, 2.05) is 12.1 Å². The predicted molar refractivity (Wildman–Crippen MR) is 130 cm³/mol. The average Bonchev–Trinajstić information content (AvgIpc) is 3.47. The Balaban J connectivity index is 1.46. The molecular weight excluding hydrogens is 447 g/mol. The van der Waals surface area contributed by atoms with Gasteiger partial charge in [-0.1, -0.05) is 18.2 Å². The first-order valence-electron chi connectivity index (χ1n) is 10.7. The summed E-state index contributed by atoms with van der Waals surface area (Å²) in [5.74, 6) is 0.00298. The Kier molecular flexibility index (Phi) is 4.77. The van der Waals surface area contributed by atoms with E-state index in [0.29, 0.717) is 45.0 Å². The fraction of sp³-hybridized carbons (Fsp3) is 0.0400. The summed E-state index contributed by atoms with van der Waals surface area (Å²) in [6, 6.07) is 10.3. The molecule has 5 aromatic heterocycles. The minimum Gasteiger partial charge on any atom is -0.335 e. The number of aromatic nitrogens is 7. The lowest BCUT2D eigenvalue weighted by Gasteiger charge is -2.05. The molecule has 0 fully saturated rings. The Hall–Kier alpha value is -4.99. The van der Waals surface area contributed by atoms with Crippen LogP contribution in [0.5, 0.6) is 0 Å². The van der Waals surface area contributed by atoms with Gasteiger partial charge in [0, 0.05) is 47.8 Å². The number of rotatable bonds is 4. The second-order valence-electron chi connectivity index (χ2n) is 7.99. The first-order valence-corrected chi connectivity index (χ1v) is 10.7. The van der Waals surface area contributed by atoms with Gasteiger partial charge < -0.3 is 10.3 Å². The number of amides is 1. The van der Waals surface area contributed by atoms with Gasteiger partial charge in [0.15, 0.2) is 11.5 Å². The number of nitrogens with one attached hydrogen (secondary N) is 3. The Morgan fingerprint density at radius 3 is 2.66 bits per heavy atom. The van der Waals surface area contributed by atoms with Gasteiger partial charge in [0.1, 0.15) is 17.0 Å². The van der Waals surface area contributed by atoms with Gasteiger partial charge in [-0.3, -0.25) is 19.9 Å². The summed E-state index contributed by atoms with van der Waals surface area (Å²) in [6.07, 6.45) is 8.22. The second-order valence-corrected chi connectivity index (χ2v) is 7.99. The molecule has 0 bridgehead atoms. The molecule has 170 valence electrons. The molecule has 0 saturated carbocycles. The molecule has 5 heterocycles. The number of H-pyrrole nitrogens is 2. The summed E-state index contributed by atoms with van der Waals surface area (Å²) in [4.78, 5) is 32.4. The SMILES string of the molecule is CC(=O)Nc1cncc(-c2cnc3n[nH]c(-c4nc5c(-c6ccccc6F)cncc5[nH]4)c3c2)c1. The Morgan fingerprint density at radius 2 is 1.80 bits per heavy atom. The topological polar surface area (TPSA) is 125 Å². The standard InChI is InChI=1S/C25H17FN8O/c1-13(35)30-16-6-14(8-27-10-16)15-7-18-23(33-34-24(18)29-9-15)25-31-21-12-28-11-19(22(21)32-25)17-4-2-3-5-20(17)26/h2-12H,1H3,(H,30,35)(H,31,32)(H,29,33,34). The first kappa shape index (κ1) is 20.6. The lowest BCUT2D eigenvalue weighted by Crippen LogP contribution is -2.05. The minimum atomic E-state index is -0.345. The van der Waals surface area contributed by atoms with Crippen molar-refractivity contribution in [2.45, 2.75) is 6.92 Å². The third kappa shape index (κ3) is 3.66. The van der Waals surface area contributed by atoms with E-state index < -0.39 is 0 Å². The monoisotopic (exact) mass is 464 g/mol. The van der Waals surface area contributed by atoms with E-state index >= 15 is 0 Å². The van der Waals surface area contributed by atoms with Crippen LogP contribution in [0.4, 0.5) is 10.1 Å². The molecule has 10 heteroatoms. The normalized spacial score (nSPS) is 11.3. The van der Waals surface area contributed by atoms with Crippen molar-refractivity contribution >= 4 is 33.7 Å². The summed E-state index contributed by atoms with van der Waals surface area (Å²) >= 11 is 0. The minimum absolute atomic E-state index is 0.177. The van der Waals surface area contributed by atoms with Crippen molar-refractivity contribution in [3.63, 3.8) is 0 Å². The van der Waals surface area contributed by atoms with Crippen molar-refractivity contribution in [3.05, 3.63) is 73.2 Å². The number of imidazole rings is 1. The zero-order valence-corrected chi connectivity index (χ0v) is 18.4. The number of carbonyl (C=O) groups is 1. The molecule has 0 saturated heterocycles. The first-order chi connectivity index (χ1) is 17.1. The van der Waals surface area contributed by atoms with Gasteiger partial charge in [0.2, 0.25) is 5.91 Å². The Labute approximate surface area is 197 Å². The number of benzene rings is 1. The van der Waals surface area contributed by atoms with E-state index in [2.05, 4.69) is 35.5 Å². The molecule has 1 amide bonds. The van der Waals surface area contributed by atoms with Crippen molar-refractivity contribution in [1.29, 1.82) is 0 Å². The van der Waals surface area contributed by atoms with E-state index in [-0.39, 0.29) is 11.7 Å². The van der Waals surface area contributed by atoms with Gasteiger partial charge in [-0.05, 0) is 18.2 Å². The number of hydrogen-bond acceptors (Lipinski definition) is 6. The van der Waals surface area contributed by atoms with Crippen molar-refractivity contribution in [2.75, 3.05) is 5.32 Å². The predicted octanol–water partition coefficient (Wildman–Crippen LogP) is 4.72. The van der Waals surface area contributed by atoms with Crippen LogP contribution >= 0.6 is 0 Å². The zero-order valence-electron chi connectivity index (χ0n) is 18.4. The quantitative estimate of drug-likeness (QED) is 0.347. The van der Waals surface area contributed by atoms with E-state index in [0.717, 1.165) is 16.5 Å². The number of fused-ring (bicyclic) bond motifs is 2. The molecule has 9 nitrogen and oxygen atoms in total. The fourth-order valence-electron chi connectivity index (χ4n) is 4.04. The van der Waals surface area contributed by atoms with Crippen LogP contribution in [-0.4, -0.2) is 41.0 Å². The van der Waals surface area contributed by atoms with Crippen molar-refractivity contribution in [1.82, 2.24) is 35.1 Å². The zero-order chi connectivity index (χ0) is 23.9. The van der Waals surface area contributed by atoms with Crippen LogP contribution in [0.25, 0.3) is 55.8 Å². The number of pyridine rings is 3. The number of hydrogen-bond donors (Lipinski definition) is 3. The molecule has 1 aromatic carbocycles. The summed E-state index contributed by atoms with van der Waals surface area (Å²) in [5, 5.41) is 10.8. The maximum Gasteiger partial charge on any atom is 0.221 e. The molecule has 35 heavy (non-hydrogen) atoms. The van der Waals surface area contributed by atoms with Gasteiger partial charge in [-0.25, -0.2) is 14.4 Å². The van der Waals surface area contributed by atoms with Gasteiger partial charge in [-0.15, -0.1) is 0 Å². The summed E-state index contributed by atoms with van der Waals surface area (Å²) in [5.41, 5.74) is 5.60. The Bertz CT molecular complexity index is 1740. The maximum absolute atomic E-state index is 14.5. The largest absolute Gasteiger partial charge is 0.335 e. The van der Waals surface area contributed by atoms with Crippen LogP contribution in [-0.2, 0) is 4.79 Å². The highest BCUT2D eigenvalue weighted by molar-refractivity contribution is 5.97. The fourth-order valence-corrected chi connectivity index (χ4v) is 4.04. The molecule has 0 aliphatic rings. The molecule has 0 aliphatic heterocycles. The molecule has 6 rings (SSSR count). The maximum atomic E-state index is 14.5. The smallest absolute Gasteiger partial charge is 0.221 e. The van der Waals surface area contributed by atoms with Crippen LogP contribution in [0.2, 0.25) is 0 Å². The molecule has 0 atom stereocenters. The van der Waals surface area contributed by atoms with Crippen LogP contribution in [0.15, 0.2) is 67.4 Å². The molecule has 0 radical (unpaired) electrons. The lowest BCUT2D eigenvalue weighted by atomic mass is 10.1. The summed E-state index contributed by atoms with van der Waals surface area (Å²) in [7, 11) is 0. The molecular formula is C25H17FN8O. The highest BCUT2D eigenvalue weighted by Gasteiger charge is 2.17.